The van der Waals surface area contributed by atoms with Crippen LogP contribution in [0.4, 0.5) is 18.9 Å². The van der Waals surface area contributed by atoms with Crippen LogP contribution in [0.15, 0.2) is 60.7 Å². The number of ether oxygens (including phenoxy) is 3. The lowest BCUT2D eigenvalue weighted by Crippen LogP contribution is -2.44. The van der Waals surface area contributed by atoms with Crippen molar-refractivity contribution in [1.29, 1.82) is 0 Å². The van der Waals surface area contributed by atoms with Crippen molar-refractivity contribution >= 4 is 45.6 Å². The zero-order valence-corrected chi connectivity index (χ0v) is 22.5. The molecule has 0 spiro atoms. The van der Waals surface area contributed by atoms with Gasteiger partial charge in [0.25, 0.3) is 0 Å². The number of benzene rings is 3. The monoisotopic (exact) mass is 628 g/mol. The molecular formula is C26H24F3IN2O3S. The van der Waals surface area contributed by atoms with E-state index in [1.807, 2.05) is 41.3 Å². The number of alkyl halides is 3. The maximum Gasteiger partial charge on any atom is 0.416 e. The summed E-state index contributed by atoms with van der Waals surface area (Å²) in [4.78, 5) is 2.00. The molecule has 1 aliphatic rings. The van der Waals surface area contributed by atoms with E-state index in [9.17, 15) is 13.2 Å². The Morgan fingerprint density at radius 2 is 1.75 bits per heavy atom. The van der Waals surface area contributed by atoms with Gasteiger partial charge in [-0.2, -0.15) is 13.2 Å². The van der Waals surface area contributed by atoms with E-state index in [4.69, 9.17) is 26.4 Å². The van der Waals surface area contributed by atoms with Gasteiger partial charge in [-0.05, 0) is 107 Å². The van der Waals surface area contributed by atoms with Gasteiger partial charge in [0, 0.05) is 15.8 Å². The predicted octanol–water partition coefficient (Wildman–Crippen LogP) is 6.70. The highest BCUT2D eigenvalue weighted by Crippen LogP contribution is 2.39. The first kappa shape index (κ1) is 26.3. The predicted molar refractivity (Wildman–Crippen MR) is 145 cm³/mol. The van der Waals surface area contributed by atoms with Crippen LogP contribution in [-0.4, -0.2) is 37.4 Å². The molecule has 190 valence electrons. The van der Waals surface area contributed by atoms with Crippen molar-refractivity contribution in [1.82, 2.24) is 4.90 Å². The van der Waals surface area contributed by atoms with Gasteiger partial charge in [0.2, 0.25) is 0 Å². The Labute approximate surface area is 226 Å². The van der Waals surface area contributed by atoms with Crippen molar-refractivity contribution in [2.75, 3.05) is 32.7 Å². The summed E-state index contributed by atoms with van der Waals surface area (Å²) in [6.45, 7) is 0.674. The second kappa shape index (κ2) is 11.1. The molecular weight excluding hydrogens is 604 g/mol. The lowest BCUT2D eigenvalue weighted by atomic mass is 9.92. The fourth-order valence-corrected chi connectivity index (χ4v) is 4.81. The normalized spacial score (nSPS) is 15.2. The third kappa shape index (κ3) is 5.97. The van der Waals surface area contributed by atoms with Crippen molar-refractivity contribution in [2.45, 2.75) is 18.6 Å². The van der Waals surface area contributed by atoms with Gasteiger partial charge in [-0.3, -0.25) is 0 Å². The summed E-state index contributed by atoms with van der Waals surface area (Å²) in [6.07, 6.45) is -3.75. The van der Waals surface area contributed by atoms with E-state index in [2.05, 4.69) is 27.9 Å². The van der Waals surface area contributed by atoms with Gasteiger partial charge in [-0.15, -0.1) is 0 Å². The van der Waals surface area contributed by atoms with Gasteiger partial charge in [-0.1, -0.05) is 6.07 Å². The highest BCUT2D eigenvalue weighted by atomic mass is 127. The first-order valence-corrected chi connectivity index (χ1v) is 12.6. The fraction of sp³-hybridized carbons (Fsp3) is 0.269. The van der Waals surface area contributed by atoms with E-state index in [0.29, 0.717) is 29.6 Å². The molecule has 4 rings (SSSR count). The molecule has 0 aliphatic carbocycles. The summed E-state index contributed by atoms with van der Waals surface area (Å²) in [5, 5.41) is 3.77. The lowest BCUT2D eigenvalue weighted by Gasteiger charge is -2.39. The first-order chi connectivity index (χ1) is 17.2. The molecule has 0 radical (unpaired) electrons. The average Bonchev–Trinajstić information content (AvgIpc) is 2.87. The standard InChI is InChI=1S/C26H24F3IN2O3S/c1-33-23-12-16-10-11-32(25(36)31-19-8-6-18(30)7-9-19)22(21(16)14-24(23)34-2)15-35-20-5-3-4-17(13-20)26(27,28)29/h3-9,12-14,22H,10-11,15H2,1-2H3,(H,31,36). The average molecular weight is 628 g/mol. The number of rotatable bonds is 6. The van der Waals surface area contributed by atoms with Gasteiger partial charge >= 0.3 is 6.18 Å². The van der Waals surface area contributed by atoms with Crippen LogP contribution in [0.3, 0.4) is 0 Å². The molecule has 0 aromatic heterocycles. The lowest BCUT2D eigenvalue weighted by molar-refractivity contribution is -0.137. The SMILES string of the molecule is COc1cc2c(cc1OC)C(COc1cccc(C(F)(F)F)c1)N(C(=S)Nc1ccc(I)cc1)CC2. The van der Waals surface area contributed by atoms with Crippen molar-refractivity contribution in [3.63, 3.8) is 0 Å². The summed E-state index contributed by atoms with van der Waals surface area (Å²) in [5.74, 6) is 1.30. The zero-order chi connectivity index (χ0) is 25.9. The minimum atomic E-state index is -4.45. The summed E-state index contributed by atoms with van der Waals surface area (Å²) >= 11 is 7.99. The Kier molecular flexibility index (Phi) is 8.13. The van der Waals surface area contributed by atoms with Gasteiger partial charge in [-0.25, -0.2) is 0 Å². The third-order valence-electron chi connectivity index (χ3n) is 5.93. The first-order valence-electron chi connectivity index (χ1n) is 11.1. The summed E-state index contributed by atoms with van der Waals surface area (Å²) in [6, 6.07) is 16.1. The number of thiocarbonyl (C=S) groups is 1. The molecule has 1 heterocycles. The Hall–Kier alpha value is -2.73. The molecule has 0 saturated heterocycles. The molecule has 1 unspecified atom stereocenters. The molecule has 1 atom stereocenters. The van der Waals surface area contributed by atoms with E-state index in [0.717, 1.165) is 32.5 Å². The van der Waals surface area contributed by atoms with Gasteiger partial charge in [0.05, 0.1) is 25.8 Å². The van der Waals surface area contributed by atoms with Gasteiger partial charge < -0.3 is 24.4 Å². The molecule has 3 aromatic rings. The number of halogens is 4. The number of methoxy groups -OCH3 is 2. The van der Waals surface area contributed by atoms with E-state index >= 15 is 0 Å². The van der Waals surface area contributed by atoms with Crippen molar-refractivity contribution in [2.24, 2.45) is 0 Å². The van der Waals surface area contributed by atoms with Crippen molar-refractivity contribution < 1.29 is 27.4 Å². The minimum absolute atomic E-state index is 0.0816. The molecule has 0 bridgehead atoms. The molecule has 36 heavy (non-hydrogen) atoms. The van der Waals surface area contributed by atoms with E-state index in [1.54, 1.807) is 14.2 Å². The van der Waals surface area contributed by atoms with Crippen LogP contribution in [-0.2, 0) is 12.6 Å². The smallest absolute Gasteiger partial charge is 0.416 e. The molecule has 3 aromatic carbocycles. The van der Waals surface area contributed by atoms with Crippen molar-refractivity contribution in [3.05, 3.63) is 80.9 Å². The summed E-state index contributed by atoms with van der Waals surface area (Å²) in [7, 11) is 3.13. The van der Waals surface area contributed by atoms with Crippen LogP contribution in [0, 0.1) is 3.57 Å². The van der Waals surface area contributed by atoms with Crippen molar-refractivity contribution in [3.8, 4) is 17.2 Å². The van der Waals surface area contributed by atoms with Crippen LogP contribution in [0.5, 0.6) is 17.2 Å². The number of nitrogens with one attached hydrogen (secondary N) is 1. The topological polar surface area (TPSA) is 43.0 Å². The van der Waals surface area contributed by atoms with Crippen LogP contribution < -0.4 is 19.5 Å². The number of hydrogen-bond acceptors (Lipinski definition) is 4. The Morgan fingerprint density at radius 3 is 2.42 bits per heavy atom. The molecule has 0 fully saturated rings. The maximum atomic E-state index is 13.2. The second-order valence-corrected chi connectivity index (χ2v) is 9.77. The highest BCUT2D eigenvalue weighted by Gasteiger charge is 2.33. The van der Waals surface area contributed by atoms with E-state index in [1.165, 1.54) is 12.1 Å². The molecule has 10 heteroatoms. The van der Waals surface area contributed by atoms with Crippen LogP contribution in [0.2, 0.25) is 0 Å². The van der Waals surface area contributed by atoms with E-state index < -0.39 is 11.7 Å². The number of hydrogen-bond donors (Lipinski definition) is 1. The summed E-state index contributed by atoms with van der Waals surface area (Å²) in [5.41, 5.74) is 2.04. The largest absolute Gasteiger partial charge is 0.493 e. The Bertz CT molecular complexity index is 1240. The molecule has 0 saturated carbocycles. The number of nitrogens with zero attached hydrogens (tertiary/aromatic N) is 1. The molecule has 1 N–H and O–H groups in total. The maximum absolute atomic E-state index is 13.2. The quantitative estimate of drug-likeness (QED) is 0.242. The van der Waals surface area contributed by atoms with Crippen LogP contribution >= 0.6 is 34.8 Å². The van der Waals surface area contributed by atoms with E-state index in [-0.39, 0.29) is 18.4 Å². The Balaban J connectivity index is 1.64. The molecule has 0 amide bonds. The second-order valence-electron chi connectivity index (χ2n) is 8.14. The molecule has 5 nitrogen and oxygen atoms in total. The highest BCUT2D eigenvalue weighted by molar-refractivity contribution is 14.1. The summed E-state index contributed by atoms with van der Waals surface area (Å²) < 4.78 is 57.6. The number of anilines is 1. The van der Waals surface area contributed by atoms with Gasteiger partial charge in [0.15, 0.2) is 16.6 Å². The number of fused-ring (bicyclic) bond motifs is 1. The Morgan fingerprint density at radius 1 is 1.06 bits per heavy atom. The third-order valence-corrected chi connectivity index (χ3v) is 6.98. The molecule has 1 aliphatic heterocycles. The van der Waals surface area contributed by atoms with Crippen LogP contribution in [0.25, 0.3) is 0 Å². The minimum Gasteiger partial charge on any atom is -0.493 e. The van der Waals surface area contributed by atoms with Crippen LogP contribution in [0.1, 0.15) is 22.7 Å². The zero-order valence-electron chi connectivity index (χ0n) is 19.6. The van der Waals surface area contributed by atoms with Gasteiger partial charge in [0.1, 0.15) is 12.4 Å². The fourth-order valence-electron chi connectivity index (χ4n) is 4.12.